The first-order valence-corrected chi connectivity index (χ1v) is 8.28. The summed E-state index contributed by atoms with van der Waals surface area (Å²) in [7, 11) is 0. The number of halogens is 1. The molecule has 1 aliphatic rings. The second-order valence-electron chi connectivity index (χ2n) is 5.95. The van der Waals surface area contributed by atoms with Gasteiger partial charge in [0.05, 0.1) is 18.4 Å². The SMILES string of the molecule is C=C(c1ccc(C)cc1F)N(/C=C(\N)C(=O)O)C1C=CC=C(OCC)C1. The van der Waals surface area contributed by atoms with E-state index in [9.17, 15) is 9.18 Å². The van der Waals surface area contributed by atoms with Gasteiger partial charge in [-0.05, 0) is 37.6 Å². The molecule has 26 heavy (non-hydrogen) atoms. The Morgan fingerprint density at radius 1 is 1.54 bits per heavy atom. The third-order valence-electron chi connectivity index (χ3n) is 3.99. The van der Waals surface area contributed by atoms with Crippen LogP contribution in [0.2, 0.25) is 0 Å². The van der Waals surface area contributed by atoms with Crippen molar-refractivity contribution < 1.29 is 19.0 Å². The number of nitrogens with two attached hydrogens (primary N) is 1. The minimum absolute atomic E-state index is 0.283. The minimum atomic E-state index is -1.26. The highest BCUT2D eigenvalue weighted by atomic mass is 19.1. The smallest absolute Gasteiger partial charge is 0.353 e. The zero-order chi connectivity index (χ0) is 19.3. The van der Waals surface area contributed by atoms with Crippen LogP contribution in [0.1, 0.15) is 24.5 Å². The summed E-state index contributed by atoms with van der Waals surface area (Å²) < 4.78 is 20.0. The summed E-state index contributed by atoms with van der Waals surface area (Å²) >= 11 is 0. The van der Waals surface area contributed by atoms with Crippen LogP contribution < -0.4 is 5.73 Å². The fourth-order valence-corrected chi connectivity index (χ4v) is 2.69. The molecule has 0 saturated carbocycles. The van der Waals surface area contributed by atoms with Crippen molar-refractivity contribution in [2.24, 2.45) is 5.73 Å². The lowest BCUT2D eigenvalue weighted by Crippen LogP contribution is -2.31. The van der Waals surface area contributed by atoms with Crippen LogP contribution in [0.4, 0.5) is 4.39 Å². The molecule has 1 aromatic carbocycles. The van der Waals surface area contributed by atoms with Gasteiger partial charge in [-0.1, -0.05) is 24.8 Å². The highest BCUT2D eigenvalue weighted by Crippen LogP contribution is 2.29. The molecule has 2 rings (SSSR count). The molecule has 5 nitrogen and oxygen atoms in total. The van der Waals surface area contributed by atoms with Gasteiger partial charge in [-0.3, -0.25) is 0 Å². The number of aliphatic carboxylic acids is 1. The van der Waals surface area contributed by atoms with Crippen molar-refractivity contribution in [3.05, 3.63) is 77.6 Å². The predicted molar refractivity (Wildman–Crippen MR) is 99.2 cm³/mol. The van der Waals surface area contributed by atoms with E-state index >= 15 is 0 Å². The molecule has 0 radical (unpaired) electrons. The van der Waals surface area contributed by atoms with E-state index < -0.39 is 11.8 Å². The number of carboxylic acid groups (broad SMARTS) is 1. The Balaban J connectivity index is 2.40. The second kappa shape index (κ2) is 8.38. The standard InChI is InChI=1S/C20H23FN2O3/c1-4-26-16-7-5-6-15(11-16)23(12-19(22)20(24)25)14(3)17-9-8-13(2)10-18(17)21/h5-10,12,15H,3-4,11,22H2,1-2H3,(H,24,25)/b19-12-. The molecule has 0 fully saturated rings. The van der Waals surface area contributed by atoms with Crippen molar-refractivity contribution in [1.82, 2.24) is 4.90 Å². The Labute approximate surface area is 152 Å². The molecule has 0 aromatic heterocycles. The molecule has 1 unspecified atom stereocenters. The summed E-state index contributed by atoms with van der Waals surface area (Å²) in [5.74, 6) is -0.931. The molecule has 3 N–H and O–H groups in total. The van der Waals surface area contributed by atoms with Crippen LogP contribution >= 0.6 is 0 Å². The first-order chi connectivity index (χ1) is 12.3. The zero-order valence-electron chi connectivity index (χ0n) is 14.9. The Morgan fingerprint density at radius 3 is 2.88 bits per heavy atom. The Hall–Kier alpha value is -3.02. The van der Waals surface area contributed by atoms with Crippen molar-refractivity contribution in [2.45, 2.75) is 26.3 Å². The number of ether oxygens (including phenoxy) is 1. The van der Waals surface area contributed by atoms with Gasteiger partial charge < -0.3 is 20.5 Å². The largest absolute Gasteiger partial charge is 0.498 e. The van der Waals surface area contributed by atoms with E-state index in [2.05, 4.69) is 6.58 Å². The third-order valence-corrected chi connectivity index (χ3v) is 3.99. The number of rotatable bonds is 7. The Bertz CT molecular complexity index is 796. The predicted octanol–water partition coefficient (Wildman–Crippen LogP) is 3.54. The van der Waals surface area contributed by atoms with Gasteiger partial charge >= 0.3 is 5.97 Å². The molecule has 0 aliphatic heterocycles. The summed E-state index contributed by atoms with van der Waals surface area (Å²) in [6.45, 7) is 8.17. The maximum absolute atomic E-state index is 14.4. The maximum atomic E-state index is 14.4. The van der Waals surface area contributed by atoms with Gasteiger partial charge in [0.15, 0.2) is 0 Å². The maximum Gasteiger partial charge on any atom is 0.353 e. The van der Waals surface area contributed by atoms with Crippen molar-refractivity contribution in [3.63, 3.8) is 0 Å². The Kier molecular flexibility index (Phi) is 6.22. The first kappa shape index (κ1) is 19.3. The van der Waals surface area contributed by atoms with E-state index in [4.69, 9.17) is 15.6 Å². The lowest BCUT2D eigenvalue weighted by Gasteiger charge is -2.32. The number of allylic oxidation sites excluding steroid dienone is 2. The fraction of sp³-hybridized carbons (Fsp3) is 0.250. The average Bonchev–Trinajstić information content (AvgIpc) is 2.59. The first-order valence-electron chi connectivity index (χ1n) is 8.28. The molecule has 1 aromatic rings. The molecule has 138 valence electrons. The van der Waals surface area contributed by atoms with Crippen LogP contribution in [0.25, 0.3) is 5.70 Å². The monoisotopic (exact) mass is 358 g/mol. The summed E-state index contributed by atoms with van der Waals surface area (Å²) in [5, 5.41) is 9.13. The van der Waals surface area contributed by atoms with E-state index in [-0.39, 0.29) is 17.3 Å². The van der Waals surface area contributed by atoms with E-state index in [0.29, 0.717) is 18.7 Å². The van der Waals surface area contributed by atoms with Crippen LogP contribution in [0.5, 0.6) is 0 Å². The quantitative estimate of drug-likeness (QED) is 0.729. The molecular formula is C20H23FN2O3. The zero-order valence-corrected chi connectivity index (χ0v) is 14.9. The Morgan fingerprint density at radius 2 is 2.27 bits per heavy atom. The topological polar surface area (TPSA) is 75.8 Å². The molecule has 1 aliphatic carbocycles. The second-order valence-corrected chi connectivity index (χ2v) is 5.95. The van der Waals surface area contributed by atoms with E-state index in [1.165, 1.54) is 12.3 Å². The molecule has 6 heteroatoms. The molecule has 0 spiro atoms. The highest BCUT2D eigenvalue weighted by molar-refractivity contribution is 5.85. The van der Waals surface area contributed by atoms with Gasteiger partial charge in [-0.25, -0.2) is 9.18 Å². The minimum Gasteiger partial charge on any atom is -0.498 e. The number of hydrogen-bond donors (Lipinski definition) is 2. The molecule has 0 saturated heterocycles. The average molecular weight is 358 g/mol. The molecule has 0 amide bonds. The summed E-state index contributed by atoms with van der Waals surface area (Å²) in [4.78, 5) is 12.7. The van der Waals surface area contributed by atoms with E-state index in [1.54, 1.807) is 24.0 Å². The van der Waals surface area contributed by atoms with E-state index in [0.717, 1.165) is 11.3 Å². The van der Waals surface area contributed by atoms with Gasteiger partial charge in [-0.2, -0.15) is 0 Å². The summed E-state index contributed by atoms with van der Waals surface area (Å²) in [6.07, 6.45) is 7.28. The van der Waals surface area contributed by atoms with Gasteiger partial charge in [0, 0.05) is 23.9 Å². The molecule has 0 bridgehead atoms. The van der Waals surface area contributed by atoms with Crippen molar-refractivity contribution in [3.8, 4) is 0 Å². The van der Waals surface area contributed by atoms with Crippen LogP contribution in [0.15, 0.2) is 60.7 Å². The van der Waals surface area contributed by atoms with Gasteiger partial charge in [-0.15, -0.1) is 0 Å². The van der Waals surface area contributed by atoms with Crippen LogP contribution in [-0.2, 0) is 9.53 Å². The number of carboxylic acids is 1. The molecular weight excluding hydrogens is 335 g/mol. The van der Waals surface area contributed by atoms with Crippen molar-refractivity contribution in [2.75, 3.05) is 6.61 Å². The van der Waals surface area contributed by atoms with E-state index in [1.807, 2.05) is 25.2 Å². The number of aryl methyl sites for hydroxylation is 1. The summed E-state index contributed by atoms with van der Waals surface area (Å²) in [6, 6.07) is 4.50. The third kappa shape index (κ3) is 4.53. The number of hydrogen-bond acceptors (Lipinski definition) is 4. The number of nitrogens with zero attached hydrogens (tertiary/aromatic N) is 1. The lowest BCUT2D eigenvalue weighted by atomic mass is 10.0. The molecule has 1 atom stereocenters. The fourth-order valence-electron chi connectivity index (χ4n) is 2.69. The van der Waals surface area contributed by atoms with Crippen molar-refractivity contribution >= 4 is 11.7 Å². The van der Waals surface area contributed by atoms with Gasteiger partial charge in [0.25, 0.3) is 0 Å². The normalized spacial score (nSPS) is 16.8. The highest BCUT2D eigenvalue weighted by Gasteiger charge is 2.23. The molecule has 0 heterocycles. The van der Waals surface area contributed by atoms with Crippen LogP contribution in [-0.4, -0.2) is 28.6 Å². The number of benzene rings is 1. The number of carbonyl (C=O) groups is 1. The lowest BCUT2D eigenvalue weighted by molar-refractivity contribution is -0.132. The summed E-state index contributed by atoms with van der Waals surface area (Å²) in [5.41, 5.74) is 6.63. The van der Waals surface area contributed by atoms with Crippen LogP contribution in [0.3, 0.4) is 0 Å². The van der Waals surface area contributed by atoms with Crippen molar-refractivity contribution in [1.29, 1.82) is 0 Å². The van der Waals surface area contributed by atoms with Crippen LogP contribution in [0, 0.1) is 12.7 Å². The van der Waals surface area contributed by atoms with Gasteiger partial charge in [0.1, 0.15) is 11.5 Å². The van der Waals surface area contributed by atoms with Gasteiger partial charge in [0.2, 0.25) is 0 Å².